The molecule has 0 amide bonds. The van der Waals surface area contributed by atoms with Gasteiger partial charge < -0.3 is 0 Å². The number of hydrogen-bond donors (Lipinski definition) is 0. The summed E-state index contributed by atoms with van der Waals surface area (Å²) in [5, 5.41) is 0. The maximum atomic E-state index is 5.96. The van der Waals surface area contributed by atoms with Crippen molar-refractivity contribution < 1.29 is 14.2 Å². The fourth-order valence-electron chi connectivity index (χ4n) is 5.80. The van der Waals surface area contributed by atoms with Gasteiger partial charge in [0.05, 0.1) is 0 Å². The van der Waals surface area contributed by atoms with E-state index in [-0.39, 0.29) is 0 Å². The fourth-order valence-corrected chi connectivity index (χ4v) is 16.3. The molecule has 0 atom stereocenters. The summed E-state index contributed by atoms with van der Waals surface area (Å²) in [6, 6.07) is 0. The van der Waals surface area contributed by atoms with Gasteiger partial charge in [-0.05, 0) is 0 Å². The van der Waals surface area contributed by atoms with Crippen molar-refractivity contribution in [2.75, 3.05) is 88.9 Å². The van der Waals surface area contributed by atoms with Crippen LogP contribution in [-0.2, 0) is 14.2 Å². The van der Waals surface area contributed by atoms with Crippen molar-refractivity contribution >= 4 is 14.5 Å². The molecule has 0 aromatic rings. The van der Waals surface area contributed by atoms with Gasteiger partial charge in [-0.15, -0.1) is 0 Å². The van der Waals surface area contributed by atoms with Crippen molar-refractivity contribution in [2.45, 2.75) is 80.1 Å². The first-order valence-corrected chi connectivity index (χ1v) is 19.5. The average Bonchev–Trinajstić information content (AvgIpc) is 2.73. The minimum atomic E-state index is -1.10. The third-order valence-corrected chi connectivity index (χ3v) is 18.9. The molecular weight excluding hydrogens is 422 g/mol. The third-order valence-electron chi connectivity index (χ3n) is 6.98. The predicted molar refractivity (Wildman–Crippen MR) is 150 cm³/mol. The molecular formula is C26H60O3P2. The Bertz CT molecular complexity index is 312. The van der Waals surface area contributed by atoms with E-state index in [9.17, 15) is 0 Å². The molecule has 0 spiro atoms. The third kappa shape index (κ3) is 15.3. The molecule has 0 aliphatic rings. The van der Waals surface area contributed by atoms with E-state index in [0.717, 1.165) is 26.4 Å². The van der Waals surface area contributed by atoms with E-state index < -0.39 is 14.5 Å². The summed E-state index contributed by atoms with van der Waals surface area (Å²) in [5.74, 6) is 0. The molecule has 0 saturated heterocycles. The van der Waals surface area contributed by atoms with Crippen LogP contribution >= 0.6 is 14.5 Å². The summed E-state index contributed by atoms with van der Waals surface area (Å²) in [4.78, 5) is 0. The Hall–Kier alpha value is 0.740. The Morgan fingerprint density at radius 2 is 0.548 bits per heavy atom. The zero-order chi connectivity index (χ0) is 23.3. The number of rotatable bonds is 24. The second-order valence-corrected chi connectivity index (χ2v) is 19.8. The molecule has 3 nitrogen and oxygen atoms in total. The molecule has 0 aromatic carbocycles. The summed E-state index contributed by atoms with van der Waals surface area (Å²) in [5.41, 5.74) is 0. The van der Waals surface area contributed by atoms with Crippen molar-refractivity contribution in [1.82, 2.24) is 0 Å². The zero-order valence-electron chi connectivity index (χ0n) is 22.4. The number of ether oxygens (including phenoxy) is 3. The summed E-state index contributed by atoms with van der Waals surface area (Å²) in [6.07, 6.45) is 19.6. The van der Waals surface area contributed by atoms with Gasteiger partial charge in [0.15, 0.2) is 0 Å². The first kappa shape index (κ1) is 31.7. The van der Waals surface area contributed by atoms with Crippen LogP contribution in [0.25, 0.3) is 0 Å². The van der Waals surface area contributed by atoms with Crippen LogP contribution in [0, 0.1) is 0 Å². The summed E-state index contributed by atoms with van der Waals surface area (Å²) in [7, 11) is -2.20. The van der Waals surface area contributed by atoms with Gasteiger partial charge in [-0.3, -0.25) is 0 Å². The van der Waals surface area contributed by atoms with Crippen LogP contribution in [0.1, 0.15) is 80.1 Å². The Morgan fingerprint density at radius 1 is 0.323 bits per heavy atom. The molecule has 31 heavy (non-hydrogen) atoms. The van der Waals surface area contributed by atoms with Crippen molar-refractivity contribution in [3.05, 3.63) is 0 Å². The van der Waals surface area contributed by atoms with Crippen LogP contribution in [0.4, 0.5) is 0 Å². The summed E-state index contributed by atoms with van der Waals surface area (Å²) >= 11 is 0. The van der Waals surface area contributed by atoms with Crippen LogP contribution in [-0.4, -0.2) is 88.9 Å². The van der Waals surface area contributed by atoms with Gasteiger partial charge in [-0.25, -0.2) is 0 Å². The van der Waals surface area contributed by atoms with Crippen molar-refractivity contribution in [3.8, 4) is 0 Å². The molecule has 0 unspecified atom stereocenters. The number of hydrogen-bond acceptors (Lipinski definition) is 3. The quantitative estimate of drug-likeness (QED) is 0.110. The fraction of sp³-hybridized carbons (Fsp3) is 1.00. The van der Waals surface area contributed by atoms with Gasteiger partial charge >= 0.3 is 198 Å². The zero-order valence-corrected chi connectivity index (χ0v) is 24.4. The van der Waals surface area contributed by atoms with E-state index in [1.807, 2.05) is 0 Å². The molecule has 0 bridgehead atoms. The predicted octanol–water partition coefficient (Wildman–Crippen LogP) is 7.00. The maximum absolute atomic E-state index is 5.96. The molecule has 0 aliphatic heterocycles. The second-order valence-electron chi connectivity index (χ2n) is 9.84. The molecule has 5 heteroatoms. The van der Waals surface area contributed by atoms with Crippen LogP contribution in [0.3, 0.4) is 0 Å². The van der Waals surface area contributed by atoms with E-state index in [0.29, 0.717) is 13.2 Å². The van der Waals surface area contributed by atoms with Gasteiger partial charge in [-0.2, -0.15) is 0 Å². The summed E-state index contributed by atoms with van der Waals surface area (Å²) in [6.45, 7) is 18.8. The standard InChI is InChI=1S/C26H60O3P2/c1-7-19-30(20-8-2,21-9-3)25-17-28-15-13-27-14-16-29-18-26-31(22-10-4,23-11-5)24-12-6/h30-31H,7-26H2,1-6H3. The molecule has 0 fully saturated rings. The minimum absolute atomic E-state index is 0.702. The molecule has 0 rings (SSSR count). The van der Waals surface area contributed by atoms with E-state index in [1.54, 1.807) is 0 Å². The van der Waals surface area contributed by atoms with Gasteiger partial charge in [0.25, 0.3) is 0 Å². The van der Waals surface area contributed by atoms with Crippen LogP contribution in [0.5, 0.6) is 0 Å². The molecule has 0 aliphatic carbocycles. The first-order chi connectivity index (χ1) is 15.1. The van der Waals surface area contributed by atoms with E-state index in [4.69, 9.17) is 14.2 Å². The van der Waals surface area contributed by atoms with Crippen molar-refractivity contribution in [2.24, 2.45) is 0 Å². The molecule has 0 saturated carbocycles. The van der Waals surface area contributed by atoms with Crippen molar-refractivity contribution in [3.63, 3.8) is 0 Å². The Morgan fingerprint density at radius 3 is 0.774 bits per heavy atom. The monoisotopic (exact) mass is 482 g/mol. The van der Waals surface area contributed by atoms with Crippen LogP contribution in [0.15, 0.2) is 0 Å². The van der Waals surface area contributed by atoms with Gasteiger partial charge in [0.2, 0.25) is 0 Å². The van der Waals surface area contributed by atoms with Crippen LogP contribution in [0.2, 0.25) is 0 Å². The average molecular weight is 483 g/mol. The molecule has 0 heterocycles. The molecule has 0 radical (unpaired) electrons. The van der Waals surface area contributed by atoms with Crippen LogP contribution < -0.4 is 0 Å². The molecule has 0 aromatic heterocycles. The Labute approximate surface area is 197 Å². The second kappa shape index (κ2) is 21.3. The van der Waals surface area contributed by atoms with E-state index in [2.05, 4.69) is 41.5 Å². The topological polar surface area (TPSA) is 27.7 Å². The van der Waals surface area contributed by atoms with Crippen molar-refractivity contribution in [1.29, 1.82) is 0 Å². The van der Waals surface area contributed by atoms with Gasteiger partial charge in [0.1, 0.15) is 0 Å². The van der Waals surface area contributed by atoms with Gasteiger partial charge in [-0.1, -0.05) is 0 Å². The normalized spacial score (nSPS) is 13.6. The SMILES string of the molecule is CCC[PH](CCC)(CCC)CCOCCOCCOCC[PH](CCC)(CCC)CCC. The van der Waals surface area contributed by atoms with E-state index >= 15 is 0 Å². The summed E-state index contributed by atoms with van der Waals surface area (Å²) < 4.78 is 17.7. The molecule has 0 N–H and O–H groups in total. The Kier molecular flexibility index (Phi) is 21.8. The Balaban J connectivity index is 3.91. The van der Waals surface area contributed by atoms with Gasteiger partial charge in [0, 0.05) is 0 Å². The van der Waals surface area contributed by atoms with E-state index in [1.165, 1.54) is 87.8 Å². The molecule has 192 valence electrons. The first-order valence-electron chi connectivity index (χ1n) is 13.8.